The molecule has 0 aliphatic carbocycles. The van der Waals surface area contributed by atoms with Crippen LogP contribution in [0.15, 0.2) is 12.7 Å². The third-order valence-corrected chi connectivity index (χ3v) is 0.283. The van der Waals surface area contributed by atoms with Gasteiger partial charge in [-0.05, 0) is 0 Å². The molecule has 0 aliphatic heterocycles. The second kappa shape index (κ2) is 2.45. The molecule has 0 atom stereocenters. The van der Waals surface area contributed by atoms with Gasteiger partial charge in [0.25, 0.3) is 0 Å². The van der Waals surface area contributed by atoms with Crippen LogP contribution >= 0.6 is 0 Å². The minimum absolute atomic E-state index is 0.616. The first-order valence-electron chi connectivity index (χ1n) is 1.34. The summed E-state index contributed by atoms with van der Waals surface area (Å²) in [5.74, 6) is -0.616. The first-order chi connectivity index (χ1) is 2.81. The minimum Gasteiger partial charge on any atom is -0.451 e. The van der Waals surface area contributed by atoms with Crippen LogP contribution in [0, 0.1) is 7.11 Å². The fraction of sp³-hybridized carbons (Fsp3) is 0. The number of rotatable bonds is 1. The zero-order valence-corrected chi connectivity index (χ0v) is 3.18. The van der Waals surface area contributed by atoms with E-state index in [4.69, 9.17) is 0 Å². The molecule has 0 fully saturated rings. The minimum atomic E-state index is -0.616. The summed E-state index contributed by atoms with van der Waals surface area (Å²) in [6.45, 7) is 3.08. The average Bonchev–Trinajstić information content (AvgIpc) is 1.65. The summed E-state index contributed by atoms with van der Waals surface area (Å²) in [6, 6.07) is 0. The molecule has 2 nitrogen and oxygen atoms in total. The van der Waals surface area contributed by atoms with Crippen molar-refractivity contribution < 1.29 is 9.53 Å². The van der Waals surface area contributed by atoms with Crippen LogP contribution in [0.25, 0.3) is 0 Å². The molecular formula is C4H4O2. The van der Waals surface area contributed by atoms with Gasteiger partial charge >= 0.3 is 5.97 Å². The fourth-order valence-corrected chi connectivity index (χ4v) is 0.0481. The summed E-state index contributed by atoms with van der Waals surface area (Å²) < 4.78 is 3.64. The summed E-state index contributed by atoms with van der Waals surface area (Å²) in [4.78, 5) is 9.72. The first-order valence-corrected chi connectivity index (χ1v) is 1.34. The van der Waals surface area contributed by atoms with Crippen LogP contribution < -0.4 is 0 Å². The van der Waals surface area contributed by atoms with Crippen LogP contribution in [-0.2, 0) is 9.53 Å². The molecule has 2 heteroatoms. The molecule has 6 heavy (non-hydrogen) atoms. The molecule has 0 rings (SSSR count). The van der Waals surface area contributed by atoms with Crippen molar-refractivity contribution >= 4 is 5.97 Å². The first kappa shape index (κ1) is 5.21. The van der Waals surface area contributed by atoms with E-state index in [2.05, 4.69) is 18.4 Å². The Bertz CT molecular complexity index is 65.9. The topological polar surface area (TPSA) is 26.3 Å². The van der Waals surface area contributed by atoms with Gasteiger partial charge in [-0.3, -0.25) is 0 Å². The number of carbonyl (C=O) groups is 1. The second-order valence-electron chi connectivity index (χ2n) is 0.641. The number of hydrogen-bond acceptors (Lipinski definition) is 2. The van der Waals surface area contributed by atoms with Gasteiger partial charge in [-0.25, -0.2) is 4.79 Å². The Labute approximate surface area is 36.4 Å². The molecule has 0 saturated heterocycles. The van der Waals surface area contributed by atoms with Gasteiger partial charge in [0.1, 0.15) is 0 Å². The van der Waals surface area contributed by atoms with Crippen LogP contribution in [-0.4, -0.2) is 5.97 Å². The maximum atomic E-state index is 9.72. The van der Waals surface area contributed by atoms with Gasteiger partial charge in [-0.1, -0.05) is 6.58 Å². The van der Waals surface area contributed by atoms with Crippen LogP contribution in [0.2, 0.25) is 0 Å². The van der Waals surface area contributed by atoms with Crippen LogP contribution in [0.4, 0.5) is 0 Å². The lowest BCUT2D eigenvalue weighted by Crippen LogP contribution is -1.89. The third kappa shape index (κ3) is 1.52. The number of esters is 1. The SMILES string of the molecule is [CH]OC(=O)C=C. The van der Waals surface area contributed by atoms with Gasteiger partial charge in [0.15, 0.2) is 7.11 Å². The van der Waals surface area contributed by atoms with E-state index in [0.717, 1.165) is 6.08 Å². The highest BCUT2D eigenvalue weighted by Gasteiger charge is 1.82. The molecule has 0 aliphatic rings. The summed E-state index contributed by atoms with van der Waals surface area (Å²) in [5.41, 5.74) is 0. The normalized spacial score (nSPS) is 6.83. The number of carbonyl (C=O) groups excluding carboxylic acids is 1. The lowest BCUT2D eigenvalue weighted by Gasteiger charge is -1.81. The van der Waals surface area contributed by atoms with Crippen LogP contribution in [0.1, 0.15) is 0 Å². The maximum Gasteiger partial charge on any atom is 0.330 e. The van der Waals surface area contributed by atoms with E-state index in [0.29, 0.717) is 0 Å². The smallest absolute Gasteiger partial charge is 0.330 e. The Hall–Kier alpha value is -0.790. The van der Waals surface area contributed by atoms with Crippen molar-refractivity contribution in [2.24, 2.45) is 0 Å². The van der Waals surface area contributed by atoms with Gasteiger partial charge in [-0.15, -0.1) is 0 Å². The Kier molecular flexibility index (Phi) is 2.13. The molecule has 0 amide bonds. The molecule has 0 saturated carbocycles. The average molecular weight is 84.1 g/mol. The summed E-state index contributed by atoms with van der Waals surface area (Å²) in [6.07, 6.45) is 0.986. The predicted octanol–water partition coefficient (Wildman–Crippen LogP) is 0.384. The fourth-order valence-electron chi connectivity index (χ4n) is 0.0481. The van der Waals surface area contributed by atoms with Crippen molar-refractivity contribution in [1.29, 1.82) is 0 Å². The Balaban J connectivity index is 3.23. The van der Waals surface area contributed by atoms with Crippen LogP contribution in [0.3, 0.4) is 0 Å². The van der Waals surface area contributed by atoms with E-state index in [9.17, 15) is 4.79 Å². The van der Waals surface area contributed by atoms with E-state index in [1.54, 1.807) is 0 Å². The van der Waals surface area contributed by atoms with Crippen molar-refractivity contribution in [2.45, 2.75) is 0 Å². The monoisotopic (exact) mass is 84.0 g/mol. The summed E-state index contributed by atoms with van der Waals surface area (Å²) >= 11 is 0. The van der Waals surface area contributed by atoms with Crippen LogP contribution in [0.5, 0.6) is 0 Å². The highest BCUT2D eigenvalue weighted by atomic mass is 16.5. The lowest BCUT2D eigenvalue weighted by molar-refractivity contribution is -0.132. The molecule has 0 N–H and O–H groups in total. The maximum absolute atomic E-state index is 9.72. The molecule has 0 unspecified atom stereocenters. The molecule has 32 valence electrons. The predicted molar refractivity (Wildman–Crippen MR) is 20.6 cm³/mol. The zero-order chi connectivity index (χ0) is 4.99. The van der Waals surface area contributed by atoms with E-state index in [1.807, 2.05) is 0 Å². The highest BCUT2D eigenvalue weighted by molar-refractivity contribution is 5.81. The third-order valence-electron chi connectivity index (χ3n) is 0.283. The second-order valence-corrected chi connectivity index (χ2v) is 0.641. The van der Waals surface area contributed by atoms with Gasteiger partial charge in [0.2, 0.25) is 0 Å². The molecule has 0 aromatic carbocycles. The quantitative estimate of drug-likeness (QED) is 0.339. The van der Waals surface area contributed by atoms with Crippen molar-refractivity contribution in [3.8, 4) is 0 Å². The zero-order valence-electron chi connectivity index (χ0n) is 3.18. The largest absolute Gasteiger partial charge is 0.451 e. The van der Waals surface area contributed by atoms with E-state index >= 15 is 0 Å². The van der Waals surface area contributed by atoms with Crippen molar-refractivity contribution in [3.63, 3.8) is 0 Å². The summed E-state index contributed by atoms with van der Waals surface area (Å²) in [7, 11) is 4.36. The van der Waals surface area contributed by atoms with Crippen molar-refractivity contribution in [2.75, 3.05) is 0 Å². The highest BCUT2D eigenvalue weighted by Crippen LogP contribution is 1.70. The Morgan fingerprint density at radius 3 is 2.50 bits per heavy atom. The molecule has 2 radical (unpaired) electrons. The molecule has 0 heterocycles. The van der Waals surface area contributed by atoms with Gasteiger partial charge in [0, 0.05) is 6.08 Å². The molecule has 0 spiro atoms. The summed E-state index contributed by atoms with van der Waals surface area (Å²) in [5, 5.41) is 0. The van der Waals surface area contributed by atoms with E-state index in [1.165, 1.54) is 0 Å². The molecule has 0 bridgehead atoms. The van der Waals surface area contributed by atoms with Crippen molar-refractivity contribution in [3.05, 3.63) is 19.8 Å². The Morgan fingerprint density at radius 2 is 2.50 bits per heavy atom. The lowest BCUT2D eigenvalue weighted by atomic mass is 10.7. The number of hydrogen-bond donors (Lipinski definition) is 0. The standard InChI is InChI=1S/C4H4O2/c1-3-4(5)6-2/h2-3H,1H2. The van der Waals surface area contributed by atoms with E-state index in [-0.39, 0.29) is 0 Å². The number of ether oxygens (including phenoxy) is 1. The van der Waals surface area contributed by atoms with Gasteiger partial charge in [0.05, 0.1) is 0 Å². The molecule has 0 aromatic heterocycles. The van der Waals surface area contributed by atoms with Crippen molar-refractivity contribution in [1.82, 2.24) is 0 Å². The van der Waals surface area contributed by atoms with Gasteiger partial charge in [-0.2, -0.15) is 0 Å². The van der Waals surface area contributed by atoms with Gasteiger partial charge < -0.3 is 4.74 Å². The molecule has 0 aromatic rings. The van der Waals surface area contributed by atoms with E-state index < -0.39 is 5.97 Å². The Morgan fingerprint density at radius 1 is 2.00 bits per heavy atom. The molecular weight excluding hydrogens is 80.0 g/mol.